The molecule has 0 fully saturated rings. The summed E-state index contributed by atoms with van der Waals surface area (Å²) in [4.78, 5) is 10.7. The maximum absolute atomic E-state index is 13.4. The van der Waals surface area contributed by atoms with Crippen LogP contribution in [0.5, 0.6) is 0 Å². The van der Waals surface area contributed by atoms with Gasteiger partial charge in [-0.15, -0.1) is 0 Å². The third-order valence-corrected chi connectivity index (χ3v) is 2.43. The molecule has 0 aliphatic heterocycles. The number of hydrogen-bond donors (Lipinski definition) is 2. The van der Waals surface area contributed by atoms with Gasteiger partial charge in [0.05, 0.1) is 5.56 Å². The number of nitrogens with one attached hydrogen (secondary N) is 1. The molecule has 0 atom stereocenters. The highest BCUT2D eigenvalue weighted by atomic mass is 19.1. The monoisotopic (exact) mass is 267 g/mol. The molecule has 0 saturated carbocycles. The fourth-order valence-corrected chi connectivity index (χ4v) is 1.53. The van der Waals surface area contributed by atoms with Crippen LogP contribution in [0.15, 0.2) is 36.4 Å². The van der Waals surface area contributed by atoms with E-state index in [-0.39, 0.29) is 5.69 Å². The summed E-state index contributed by atoms with van der Waals surface area (Å²) in [5.74, 6) is -4.05. The fraction of sp³-hybridized carbons (Fsp3) is 0. The average Bonchev–Trinajstić information content (AvgIpc) is 2.35. The molecule has 0 unspecified atom stereocenters. The van der Waals surface area contributed by atoms with Crippen LogP contribution in [0.1, 0.15) is 10.4 Å². The fourth-order valence-electron chi connectivity index (χ4n) is 1.53. The Labute approximate surface area is 106 Å². The number of para-hydroxylation sites is 1. The molecule has 0 bridgehead atoms. The van der Waals surface area contributed by atoms with Gasteiger partial charge in [0, 0.05) is 5.69 Å². The topological polar surface area (TPSA) is 49.3 Å². The minimum atomic E-state index is -1.46. The number of aromatic carboxylic acids is 1. The molecular formula is C13H8F3NO2. The molecule has 2 aromatic rings. The lowest BCUT2D eigenvalue weighted by Gasteiger charge is -2.09. The highest BCUT2D eigenvalue weighted by Gasteiger charge is 2.13. The van der Waals surface area contributed by atoms with Crippen LogP contribution in [0.3, 0.4) is 0 Å². The molecule has 3 nitrogen and oxygen atoms in total. The van der Waals surface area contributed by atoms with Crippen molar-refractivity contribution in [1.29, 1.82) is 0 Å². The van der Waals surface area contributed by atoms with Gasteiger partial charge in [-0.1, -0.05) is 6.07 Å². The zero-order valence-electron chi connectivity index (χ0n) is 9.45. The van der Waals surface area contributed by atoms with Gasteiger partial charge in [0.1, 0.15) is 23.1 Å². The van der Waals surface area contributed by atoms with Crippen molar-refractivity contribution >= 4 is 17.3 Å². The summed E-state index contributed by atoms with van der Waals surface area (Å²) in [5, 5.41) is 11.1. The smallest absolute Gasteiger partial charge is 0.338 e. The predicted molar refractivity (Wildman–Crippen MR) is 63.0 cm³/mol. The molecule has 0 spiro atoms. The molecule has 0 aliphatic rings. The number of halogens is 3. The summed E-state index contributed by atoms with van der Waals surface area (Å²) < 4.78 is 39.9. The van der Waals surface area contributed by atoms with Gasteiger partial charge >= 0.3 is 5.97 Å². The summed E-state index contributed by atoms with van der Waals surface area (Å²) in [6.07, 6.45) is 0. The van der Waals surface area contributed by atoms with E-state index in [9.17, 15) is 18.0 Å². The standard InChI is InChI=1S/C13H8F3NO2/c14-9-5-4-7(6-8(9)13(18)19)17-12-10(15)2-1-3-11(12)16/h1-6,17H,(H,18,19). The summed E-state index contributed by atoms with van der Waals surface area (Å²) >= 11 is 0. The third kappa shape index (κ3) is 2.67. The van der Waals surface area contributed by atoms with Gasteiger partial charge in [0.2, 0.25) is 0 Å². The van der Waals surface area contributed by atoms with Crippen LogP contribution in [-0.2, 0) is 0 Å². The predicted octanol–water partition coefficient (Wildman–Crippen LogP) is 3.55. The highest BCUT2D eigenvalue weighted by Crippen LogP contribution is 2.24. The number of benzene rings is 2. The lowest BCUT2D eigenvalue weighted by atomic mass is 10.2. The molecule has 98 valence electrons. The molecule has 19 heavy (non-hydrogen) atoms. The lowest BCUT2D eigenvalue weighted by Crippen LogP contribution is -2.03. The lowest BCUT2D eigenvalue weighted by molar-refractivity contribution is 0.0692. The van der Waals surface area contributed by atoms with Crippen LogP contribution < -0.4 is 5.32 Å². The number of rotatable bonds is 3. The molecule has 2 rings (SSSR count). The minimum absolute atomic E-state index is 0.0720. The van der Waals surface area contributed by atoms with Crippen LogP contribution in [0.2, 0.25) is 0 Å². The number of carboxylic acid groups (broad SMARTS) is 1. The molecule has 2 N–H and O–H groups in total. The summed E-state index contributed by atoms with van der Waals surface area (Å²) in [5.41, 5.74) is -0.935. The number of carbonyl (C=O) groups is 1. The third-order valence-electron chi connectivity index (χ3n) is 2.43. The van der Waals surface area contributed by atoms with Crippen molar-refractivity contribution in [3.8, 4) is 0 Å². The molecule has 0 heterocycles. The number of carboxylic acids is 1. The number of hydrogen-bond acceptors (Lipinski definition) is 2. The molecule has 0 aromatic heterocycles. The minimum Gasteiger partial charge on any atom is -0.478 e. The Kier molecular flexibility index (Phi) is 3.41. The van der Waals surface area contributed by atoms with Gasteiger partial charge in [0.15, 0.2) is 0 Å². The van der Waals surface area contributed by atoms with Gasteiger partial charge < -0.3 is 10.4 Å². The zero-order chi connectivity index (χ0) is 14.0. The summed E-state index contributed by atoms with van der Waals surface area (Å²) in [7, 11) is 0. The molecule has 0 amide bonds. The van der Waals surface area contributed by atoms with Gasteiger partial charge in [-0.3, -0.25) is 0 Å². The second-order valence-electron chi connectivity index (χ2n) is 3.72. The van der Waals surface area contributed by atoms with E-state index in [0.29, 0.717) is 0 Å². The Morgan fingerprint density at radius 2 is 1.63 bits per heavy atom. The van der Waals surface area contributed by atoms with Crippen molar-refractivity contribution in [1.82, 2.24) is 0 Å². The van der Waals surface area contributed by atoms with E-state index in [2.05, 4.69) is 5.32 Å². The highest BCUT2D eigenvalue weighted by molar-refractivity contribution is 5.89. The zero-order valence-corrected chi connectivity index (χ0v) is 9.45. The van der Waals surface area contributed by atoms with Crippen molar-refractivity contribution in [3.05, 3.63) is 59.4 Å². The van der Waals surface area contributed by atoms with E-state index in [1.165, 1.54) is 12.1 Å². The Morgan fingerprint density at radius 1 is 1.00 bits per heavy atom. The van der Waals surface area contributed by atoms with Gasteiger partial charge in [-0.05, 0) is 30.3 Å². The second-order valence-corrected chi connectivity index (χ2v) is 3.72. The van der Waals surface area contributed by atoms with Gasteiger partial charge in [0.25, 0.3) is 0 Å². The SMILES string of the molecule is O=C(O)c1cc(Nc2c(F)cccc2F)ccc1F. The van der Waals surface area contributed by atoms with Crippen molar-refractivity contribution in [3.63, 3.8) is 0 Å². The molecule has 0 aliphatic carbocycles. The van der Waals surface area contributed by atoms with Crippen LogP contribution in [0.25, 0.3) is 0 Å². The Morgan fingerprint density at radius 3 is 2.21 bits per heavy atom. The first-order valence-corrected chi connectivity index (χ1v) is 5.23. The van der Waals surface area contributed by atoms with Crippen molar-refractivity contribution in [2.75, 3.05) is 5.32 Å². The molecular weight excluding hydrogens is 259 g/mol. The van der Waals surface area contributed by atoms with Gasteiger partial charge in [-0.2, -0.15) is 0 Å². The van der Waals surface area contributed by atoms with Crippen molar-refractivity contribution in [2.45, 2.75) is 0 Å². The number of anilines is 2. The normalized spacial score (nSPS) is 10.3. The molecule has 2 aromatic carbocycles. The van der Waals surface area contributed by atoms with E-state index >= 15 is 0 Å². The van der Waals surface area contributed by atoms with Crippen LogP contribution >= 0.6 is 0 Å². The molecule has 0 saturated heterocycles. The van der Waals surface area contributed by atoms with Crippen molar-refractivity contribution in [2.24, 2.45) is 0 Å². The first kappa shape index (κ1) is 12.9. The van der Waals surface area contributed by atoms with Crippen LogP contribution in [0.4, 0.5) is 24.5 Å². The van der Waals surface area contributed by atoms with E-state index < -0.39 is 34.7 Å². The van der Waals surface area contributed by atoms with E-state index in [1.54, 1.807) is 0 Å². The maximum Gasteiger partial charge on any atom is 0.338 e. The Bertz CT molecular complexity index is 624. The van der Waals surface area contributed by atoms with E-state index in [4.69, 9.17) is 5.11 Å². The quantitative estimate of drug-likeness (QED) is 0.894. The maximum atomic E-state index is 13.4. The van der Waals surface area contributed by atoms with Gasteiger partial charge in [-0.25, -0.2) is 18.0 Å². The van der Waals surface area contributed by atoms with E-state index in [0.717, 1.165) is 24.3 Å². The van der Waals surface area contributed by atoms with E-state index in [1.807, 2.05) is 0 Å². The first-order chi connectivity index (χ1) is 8.99. The van der Waals surface area contributed by atoms with Crippen molar-refractivity contribution < 1.29 is 23.1 Å². The van der Waals surface area contributed by atoms with Crippen LogP contribution in [0, 0.1) is 17.5 Å². The average molecular weight is 267 g/mol. The summed E-state index contributed by atoms with van der Waals surface area (Å²) in [6, 6.07) is 6.35. The van der Waals surface area contributed by atoms with Crippen LogP contribution in [-0.4, -0.2) is 11.1 Å². The Balaban J connectivity index is 2.39. The summed E-state index contributed by atoms with van der Waals surface area (Å²) in [6.45, 7) is 0. The molecule has 6 heteroatoms. The molecule has 0 radical (unpaired) electrons. The second kappa shape index (κ2) is 5.01. The first-order valence-electron chi connectivity index (χ1n) is 5.23. The largest absolute Gasteiger partial charge is 0.478 e. The Hall–Kier alpha value is -2.50.